The molecule has 6 nitrogen and oxygen atoms in total. The van der Waals surface area contributed by atoms with Crippen LogP contribution in [0.25, 0.3) is 6.08 Å². The summed E-state index contributed by atoms with van der Waals surface area (Å²) in [6, 6.07) is 4.10. The van der Waals surface area contributed by atoms with E-state index in [0.717, 1.165) is 5.56 Å². The van der Waals surface area contributed by atoms with Crippen molar-refractivity contribution in [2.75, 3.05) is 13.1 Å². The van der Waals surface area contributed by atoms with E-state index in [0.29, 0.717) is 36.0 Å². The summed E-state index contributed by atoms with van der Waals surface area (Å²) in [4.78, 5) is 36.8. The van der Waals surface area contributed by atoms with Gasteiger partial charge in [-0.2, -0.15) is 0 Å². The first-order valence-electron chi connectivity index (χ1n) is 8.22. The van der Waals surface area contributed by atoms with Crippen molar-refractivity contribution in [1.82, 2.24) is 10.2 Å². The van der Waals surface area contributed by atoms with E-state index in [-0.39, 0.29) is 17.7 Å². The van der Waals surface area contributed by atoms with Crippen LogP contribution in [0.15, 0.2) is 24.3 Å². The molecule has 0 spiro atoms. The number of hydrogen-bond donors (Lipinski definition) is 2. The van der Waals surface area contributed by atoms with Crippen LogP contribution < -0.4 is 5.32 Å². The second-order valence-corrected chi connectivity index (χ2v) is 7.08. The molecule has 0 radical (unpaired) electrons. The molecular weight excluding hydrogens is 379 g/mol. The number of carboxylic acids is 1. The Morgan fingerprint density at radius 3 is 2.31 bits per heavy atom. The first-order chi connectivity index (χ1) is 12.3. The van der Waals surface area contributed by atoms with Crippen molar-refractivity contribution < 1.29 is 19.5 Å². The number of halogens is 2. The van der Waals surface area contributed by atoms with Crippen molar-refractivity contribution in [3.63, 3.8) is 0 Å². The Hall–Kier alpha value is -2.05. The number of carbonyl (C=O) groups excluding carboxylic acids is 2. The number of benzene rings is 1. The molecule has 1 aromatic rings. The van der Waals surface area contributed by atoms with Crippen molar-refractivity contribution >= 4 is 47.1 Å². The van der Waals surface area contributed by atoms with Crippen molar-refractivity contribution in [1.29, 1.82) is 0 Å². The molecule has 0 aromatic heterocycles. The van der Waals surface area contributed by atoms with Crippen molar-refractivity contribution in [2.45, 2.75) is 25.8 Å². The Balaban J connectivity index is 1.87. The minimum absolute atomic E-state index is 0.154. The van der Waals surface area contributed by atoms with Gasteiger partial charge >= 0.3 is 5.97 Å². The zero-order valence-electron chi connectivity index (χ0n) is 14.2. The van der Waals surface area contributed by atoms with Gasteiger partial charge in [-0.15, -0.1) is 0 Å². The summed E-state index contributed by atoms with van der Waals surface area (Å²) in [5, 5.41) is 12.3. The SMILES string of the molecule is CC(NC(=O)C1CCN(C(=O)C=Cc2cc(Cl)cc(Cl)c2)CC1)C(=O)O. The number of likely N-dealkylation sites (tertiary alicyclic amines) is 1. The molecule has 0 saturated carbocycles. The summed E-state index contributed by atoms with van der Waals surface area (Å²) in [6.07, 6.45) is 4.10. The fourth-order valence-corrected chi connectivity index (χ4v) is 3.24. The third-order valence-corrected chi connectivity index (χ3v) is 4.65. The molecule has 140 valence electrons. The highest BCUT2D eigenvalue weighted by Gasteiger charge is 2.28. The summed E-state index contributed by atoms with van der Waals surface area (Å²) >= 11 is 11.9. The summed E-state index contributed by atoms with van der Waals surface area (Å²) in [5.41, 5.74) is 0.729. The molecule has 0 bridgehead atoms. The fraction of sp³-hybridized carbons (Fsp3) is 0.389. The van der Waals surface area contributed by atoms with Crippen LogP contribution in [0.4, 0.5) is 0 Å². The average Bonchev–Trinajstić information content (AvgIpc) is 2.58. The van der Waals surface area contributed by atoms with Gasteiger partial charge in [0.1, 0.15) is 6.04 Å². The Bertz CT molecular complexity index is 708. The van der Waals surface area contributed by atoms with Crippen LogP contribution in [0.1, 0.15) is 25.3 Å². The number of piperidine rings is 1. The lowest BCUT2D eigenvalue weighted by atomic mass is 9.95. The molecule has 2 rings (SSSR count). The van der Waals surface area contributed by atoms with Crippen LogP contribution >= 0.6 is 23.2 Å². The normalized spacial score (nSPS) is 16.5. The molecule has 1 saturated heterocycles. The third kappa shape index (κ3) is 5.75. The number of hydrogen-bond acceptors (Lipinski definition) is 3. The topological polar surface area (TPSA) is 86.7 Å². The zero-order valence-corrected chi connectivity index (χ0v) is 15.8. The predicted octanol–water partition coefficient (Wildman–Crippen LogP) is 2.83. The number of aliphatic carboxylic acids is 1. The zero-order chi connectivity index (χ0) is 19.3. The fourth-order valence-electron chi connectivity index (χ4n) is 2.70. The van der Waals surface area contributed by atoms with Gasteiger partial charge in [0.25, 0.3) is 0 Å². The second-order valence-electron chi connectivity index (χ2n) is 6.20. The number of nitrogens with one attached hydrogen (secondary N) is 1. The van der Waals surface area contributed by atoms with E-state index in [4.69, 9.17) is 28.3 Å². The van der Waals surface area contributed by atoms with Gasteiger partial charge in [0, 0.05) is 35.1 Å². The maximum atomic E-state index is 12.3. The molecule has 0 aliphatic carbocycles. The summed E-state index contributed by atoms with van der Waals surface area (Å²) < 4.78 is 0. The highest BCUT2D eigenvalue weighted by Crippen LogP contribution is 2.21. The number of rotatable bonds is 5. The quantitative estimate of drug-likeness (QED) is 0.746. The molecule has 8 heteroatoms. The molecule has 1 aromatic carbocycles. The largest absolute Gasteiger partial charge is 0.480 e. The molecule has 2 amide bonds. The minimum atomic E-state index is -1.07. The Morgan fingerprint density at radius 2 is 1.77 bits per heavy atom. The van der Waals surface area contributed by atoms with Crippen LogP contribution in [0.5, 0.6) is 0 Å². The monoisotopic (exact) mass is 398 g/mol. The van der Waals surface area contributed by atoms with E-state index in [1.165, 1.54) is 13.0 Å². The summed E-state index contributed by atoms with van der Waals surface area (Å²) in [6.45, 7) is 2.31. The van der Waals surface area contributed by atoms with Gasteiger partial charge in [0.05, 0.1) is 0 Å². The van der Waals surface area contributed by atoms with Crippen molar-refractivity contribution in [3.05, 3.63) is 39.9 Å². The van der Waals surface area contributed by atoms with Crippen LogP contribution in [0, 0.1) is 5.92 Å². The number of nitrogens with zero attached hydrogens (tertiary/aromatic N) is 1. The minimum Gasteiger partial charge on any atom is -0.480 e. The number of carboxylic acid groups (broad SMARTS) is 1. The lowest BCUT2D eigenvalue weighted by Crippen LogP contribution is -2.46. The molecule has 1 atom stereocenters. The van der Waals surface area contributed by atoms with E-state index in [1.807, 2.05) is 0 Å². The molecular formula is C18H20Cl2N2O4. The van der Waals surface area contributed by atoms with Crippen LogP contribution in [0.2, 0.25) is 10.0 Å². The molecule has 1 fully saturated rings. The molecule has 2 N–H and O–H groups in total. The third-order valence-electron chi connectivity index (χ3n) is 4.21. The Labute approximate surface area is 161 Å². The van der Waals surface area contributed by atoms with E-state index in [1.54, 1.807) is 29.2 Å². The Morgan fingerprint density at radius 1 is 1.19 bits per heavy atom. The van der Waals surface area contributed by atoms with Crippen LogP contribution in [-0.4, -0.2) is 46.9 Å². The maximum Gasteiger partial charge on any atom is 0.325 e. The molecule has 26 heavy (non-hydrogen) atoms. The Kier molecular flexibility index (Phi) is 7.06. The first kappa shape index (κ1) is 20.3. The van der Waals surface area contributed by atoms with E-state index in [9.17, 15) is 14.4 Å². The lowest BCUT2D eigenvalue weighted by molar-refractivity contribution is -0.142. The molecule has 1 heterocycles. The van der Waals surface area contributed by atoms with Crippen LogP contribution in [0.3, 0.4) is 0 Å². The smallest absolute Gasteiger partial charge is 0.325 e. The van der Waals surface area contributed by atoms with E-state index < -0.39 is 12.0 Å². The van der Waals surface area contributed by atoms with Crippen molar-refractivity contribution in [3.8, 4) is 0 Å². The predicted molar refractivity (Wildman–Crippen MR) is 100 cm³/mol. The lowest BCUT2D eigenvalue weighted by Gasteiger charge is -2.31. The van der Waals surface area contributed by atoms with Gasteiger partial charge in [-0.05, 0) is 49.6 Å². The van der Waals surface area contributed by atoms with Crippen LogP contribution in [-0.2, 0) is 14.4 Å². The standard InChI is InChI=1S/C18H20Cl2N2O4/c1-11(18(25)26)21-17(24)13-4-6-22(7-5-13)16(23)3-2-12-8-14(19)10-15(20)9-12/h2-3,8-11,13H,4-7H2,1H3,(H,21,24)(H,25,26). The summed E-state index contributed by atoms with van der Waals surface area (Å²) in [5.74, 6) is -1.79. The van der Waals surface area contributed by atoms with Gasteiger partial charge in [-0.25, -0.2) is 0 Å². The van der Waals surface area contributed by atoms with Gasteiger partial charge in [-0.3, -0.25) is 14.4 Å². The molecule has 1 aliphatic rings. The van der Waals surface area contributed by atoms with E-state index >= 15 is 0 Å². The van der Waals surface area contributed by atoms with Gasteiger partial charge in [0.15, 0.2) is 0 Å². The summed E-state index contributed by atoms with van der Waals surface area (Å²) in [7, 11) is 0. The second kappa shape index (κ2) is 9.05. The number of carbonyl (C=O) groups is 3. The van der Waals surface area contributed by atoms with E-state index in [2.05, 4.69) is 5.32 Å². The van der Waals surface area contributed by atoms with Crippen molar-refractivity contribution in [2.24, 2.45) is 5.92 Å². The van der Waals surface area contributed by atoms with Gasteiger partial charge in [-0.1, -0.05) is 23.2 Å². The first-order valence-corrected chi connectivity index (χ1v) is 8.98. The molecule has 1 unspecified atom stereocenters. The molecule has 1 aliphatic heterocycles. The number of amides is 2. The highest BCUT2D eigenvalue weighted by molar-refractivity contribution is 6.34. The van der Waals surface area contributed by atoms with Gasteiger partial charge < -0.3 is 15.3 Å². The highest BCUT2D eigenvalue weighted by atomic mass is 35.5. The van der Waals surface area contributed by atoms with Gasteiger partial charge in [0.2, 0.25) is 11.8 Å². The maximum absolute atomic E-state index is 12.3. The average molecular weight is 399 g/mol.